The molecule has 3 fully saturated rings. The fraction of sp³-hybridized carbons (Fsp3) is 0.619. The molecule has 4 N–H and O–H groups in total. The number of nitrogens with zero attached hydrogens (tertiary/aromatic N) is 3. The summed E-state index contributed by atoms with van der Waals surface area (Å²) in [5, 5.41) is 25.9. The summed E-state index contributed by atoms with van der Waals surface area (Å²) >= 11 is 1.46. The first kappa shape index (κ1) is 22.2. The minimum absolute atomic E-state index is 0.0364. The summed E-state index contributed by atoms with van der Waals surface area (Å²) in [6, 6.07) is 0.144. The van der Waals surface area contributed by atoms with Gasteiger partial charge in [-0.15, -0.1) is 11.8 Å². The zero-order valence-electron chi connectivity index (χ0n) is 18.4. The Morgan fingerprint density at radius 2 is 2.15 bits per heavy atom. The van der Waals surface area contributed by atoms with E-state index in [1.165, 1.54) is 22.9 Å². The van der Waals surface area contributed by atoms with Gasteiger partial charge in [-0.25, -0.2) is 4.79 Å². The number of aliphatic hydroxyl groups excluding tert-OH is 1. The standard InChI is InChI=1S/C21H27N5O6S/c1-9-15-14(10(2)27)19(29)26(15)16(20(30)31)17(9)33-12-6-25(7-12)21-24-13(8-32-21)18(28)23-11-3-4-22-5-11/h8-12,14-15,22,27H,3-7H2,1-2H3,(H,23,28)(H,30,31)/t9-,10-,11-,14-,15-/m1/s1. The second-order valence-electron chi connectivity index (χ2n) is 9.10. The van der Waals surface area contributed by atoms with E-state index in [-0.39, 0.29) is 46.5 Å². The molecule has 5 atom stereocenters. The smallest absolute Gasteiger partial charge is 0.353 e. The molecular formula is C21H27N5O6S. The van der Waals surface area contributed by atoms with E-state index in [1.54, 1.807) is 6.92 Å². The maximum absolute atomic E-state index is 12.5. The van der Waals surface area contributed by atoms with Gasteiger partial charge in [-0.3, -0.25) is 9.59 Å². The minimum atomic E-state index is -1.12. The number of nitrogens with one attached hydrogen (secondary N) is 2. The van der Waals surface area contributed by atoms with E-state index in [0.717, 1.165) is 19.5 Å². The summed E-state index contributed by atoms with van der Waals surface area (Å²) in [7, 11) is 0. The van der Waals surface area contributed by atoms with Crippen LogP contribution in [0.15, 0.2) is 21.3 Å². The Kier molecular flexibility index (Phi) is 5.61. The van der Waals surface area contributed by atoms with E-state index in [4.69, 9.17) is 4.42 Å². The van der Waals surface area contributed by atoms with Crippen LogP contribution in [0.1, 0.15) is 30.8 Å². The number of anilines is 1. The van der Waals surface area contributed by atoms with Gasteiger partial charge in [-0.05, 0) is 19.9 Å². The maximum Gasteiger partial charge on any atom is 0.353 e. The average Bonchev–Trinajstić information content (AvgIpc) is 3.44. The van der Waals surface area contributed by atoms with Crippen molar-refractivity contribution in [3.63, 3.8) is 0 Å². The number of thioether (sulfide) groups is 1. The molecule has 11 nitrogen and oxygen atoms in total. The molecule has 0 radical (unpaired) electrons. The van der Waals surface area contributed by atoms with E-state index < -0.39 is 18.0 Å². The lowest BCUT2D eigenvalue weighted by molar-refractivity contribution is -0.163. The second-order valence-corrected chi connectivity index (χ2v) is 10.4. The van der Waals surface area contributed by atoms with Crippen molar-refractivity contribution in [2.24, 2.45) is 11.8 Å². The van der Waals surface area contributed by atoms with Crippen LogP contribution in [-0.2, 0) is 9.59 Å². The first-order valence-corrected chi connectivity index (χ1v) is 12.0. The van der Waals surface area contributed by atoms with Crippen LogP contribution in [0.3, 0.4) is 0 Å². The van der Waals surface area contributed by atoms with Crippen LogP contribution < -0.4 is 15.5 Å². The highest BCUT2D eigenvalue weighted by molar-refractivity contribution is 8.03. The molecule has 0 bridgehead atoms. The number of β-lactam (4-membered cyclic amide) rings is 1. The molecule has 4 aliphatic heterocycles. The lowest BCUT2D eigenvalue weighted by atomic mass is 9.79. The normalized spacial score (nSPS) is 30.2. The predicted octanol–water partition coefficient (Wildman–Crippen LogP) is -0.158. The monoisotopic (exact) mass is 477 g/mol. The molecule has 1 aromatic heterocycles. The molecule has 0 spiro atoms. The van der Waals surface area contributed by atoms with Gasteiger partial charge in [0.1, 0.15) is 12.0 Å². The summed E-state index contributed by atoms with van der Waals surface area (Å²) in [5.74, 6) is -2.44. The lowest BCUT2D eigenvalue weighted by Crippen LogP contribution is -2.63. The molecular weight excluding hydrogens is 450 g/mol. The van der Waals surface area contributed by atoms with E-state index in [1.807, 2.05) is 11.8 Å². The highest BCUT2D eigenvalue weighted by Gasteiger charge is 2.60. The van der Waals surface area contributed by atoms with Crippen molar-refractivity contribution in [1.82, 2.24) is 20.5 Å². The van der Waals surface area contributed by atoms with Crippen LogP contribution >= 0.6 is 11.8 Å². The van der Waals surface area contributed by atoms with Crippen molar-refractivity contribution >= 4 is 35.6 Å². The highest BCUT2D eigenvalue weighted by Crippen LogP contribution is 2.52. The third-order valence-corrected chi connectivity index (χ3v) is 8.29. The van der Waals surface area contributed by atoms with Gasteiger partial charge in [0.25, 0.3) is 11.9 Å². The zero-order chi connectivity index (χ0) is 23.4. The third kappa shape index (κ3) is 3.69. The number of carbonyl (C=O) groups is 3. The number of oxazole rings is 1. The Labute approximate surface area is 194 Å². The van der Waals surface area contributed by atoms with Crippen molar-refractivity contribution in [2.75, 3.05) is 31.1 Å². The SMILES string of the molecule is C[C@@H](O)[C@H]1C(=O)N2C(C(=O)O)=C(SC3CN(c4nc(C(=O)N[C@@H]5CCNC5)co4)C3)[C@H](C)[C@H]12. The summed E-state index contributed by atoms with van der Waals surface area (Å²) in [5.41, 5.74) is 0.273. The fourth-order valence-electron chi connectivity index (χ4n) is 5.08. The molecule has 0 aliphatic carbocycles. The molecule has 5 heterocycles. The number of aromatic nitrogens is 1. The number of rotatable bonds is 7. The van der Waals surface area contributed by atoms with Gasteiger partial charge in [0, 0.05) is 41.7 Å². The second kappa shape index (κ2) is 8.33. The summed E-state index contributed by atoms with van der Waals surface area (Å²) in [4.78, 5) is 44.9. The molecule has 33 heavy (non-hydrogen) atoms. The van der Waals surface area contributed by atoms with Gasteiger partial charge >= 0.3 is 5.97 Å². The zero-order valence-corrected chi connectivity index (χ0v) is 19.2. The number of amides is 2. The quantitative estimate of drug-likeness (QED) is 0.391. The van der Waals surface area contributed by atoms with Crippen LogP contribution in [0.25, 0.3) is 0 Å². The first-order chi connectivity index (χ1) is 15.8. The topological polar surface area (TPSA) is 148 Å². The number of carboxylic acids is 1. The van der Waals surface area contributed by atoms with Gasteiger partial charge in [-0.1, -0.05) is 6.92 Å². The maximum atomic E-state index is 12.5. The van der Waals surface area contributed by atoms with E-state index in [9.17, 15) is 24.6 Å². The van der Waals surface area contributed by atoms with Crippen molar-refractivity contribution in [2.45, 2.75) is 43.7 Å². The first-order valence-electron chi connectivity index (χ1n) is 11.1. The third-order valence-electron chi connectivity index (χ3n) is 6.84. The molecule has 1 aromatic rings. The molecule has 0 unspecified atom stereocenters. The van der Waals surface area contributed by atoms with E-state index in [2.05, 4.69) is 15.6 Å². The largest absolute Gasteiger partial charge is 0.477 e. The average molecular weight is 478 g/mol. The van der Waals surface area contributed by atoms with Crippen molar-refractivity contribution in [3.8, 4) is 0 Å². The number of carbonyl (C=O) groups excluding carboxylic acids is 2. The molecule has 5 rings (SSSR count). The van der Waals surface area contributed by atoms with E-state index in [0.29, 0.717) is 24.0 Å². The van der Waals surface area contributed by atoms with Crippen LogP contribution in [-0.4, -0.2) is 87.5 Å². The molecule has 12 heteroatoms. The Hall–Kier alpha value is -2.57. The number of hydrogen-bond donors (Lipinski definition) is 4. The Morgan fingerprint density at radius 1 is 1.39 bits per heavy atom. The summed E-state index contributed by atoms with van der Waals surface area (Å²) in [6.07, 6.45) is 1.42. The van der Waals surface area contributed by atoms with Gasteiger partial charge in [0.05, 0.1) is 18.1 Å². The van der Waals surface area contributed by atoms with Crippen LogP contribution in [0.4, 0.5) is 6.01 Å². The van der Waals surface area contributed by atoms with Crippen molar-refractivity contribution < 1.29 is 29.0 Å². The number of aliphatic carboxylic acids is 1. The Balaban J connectivity index is 1.21. The molecule has 0 saturated carbocycles. The molecule has 0 aromatic carbocycles. The lowest BCUT2D eigenvalue weighted by Gasteiger charge is -2.46. The Morgan fingerprint density at radius 3 is 2.79 bits per heavy atom. The molecule has 178 valence electrons. The summed E-state index contributed by atoms with van der Waals surface area (Å²) < 4.78 is 5.49. The van der Waals surface area contributed by atoms with Crippen molar-refractivity contribution in [3.05, 3.63) is 22.6 Å². The number of fused-ring (bicyclic) bond motifs is 1. The van der Waals surface area contributed by atoms with Crippen LogP contribution in [0, 0.1) is 11.8 Å². The van der Waals surface area contributed by atoms with Gasteiger partial charge in [-0.2, -0.15) is 4.98 Å². The van der Waals surface area contributed by atoms with Crippen LogP contribution in [0.2, 0.25) is 0 Å². The minimum Gasteiger partial charge on any atom is -0.477 e. The molecule has 2 amide bonds. The Bertz CT molecular complexity index is 1010. The molecule has 3 saturated heterocycles. The van der Waals surface area contributed by atoms with Crippen LogP contribution in [0.5, 0.6) is 0 Å². The van der Waals surface area contributed by atoms with Gasteiger partial charge < -0.3 is 35.1 Å². The predicted molar refractivity (Wildman–Crippen MR) is 118 cm³/mol. The number of carboxylic acid groups (broad SMARTS) is 1. The molecule has 4 aliphatic rings. The van der Waals surface area contributed by atoms with Gasteiger partial charge in [0.15, 0.2) is 5.69 Å². The summed E-state index contributed by atoms with van der Waals surface area (Å²) in [6.45, 7) is 6.27. The highest BCUT2D eigenvalue weighted by atomic mass is 32.2. The fourth-order valence-corrected chi connectivity index (χ4v) is 6.60. The number of hydrogen-bond acceptors (Lipinski definition) is 9. The van der Waals surface area contributed by atoms with E-state index >= 15 is 0 Å². The van der Waals surface area contributed by atoms with Gasteiger partial charge in [0.2, 0.25) is 5.91 Å². The van der Waals surface area contributed by atoms with Crippen molar-refractivity contribution in [1.29, 1.82) is 0 Å². The number of aliphatic hydroxyl groups is 1.